The quantitative estimate of drug-likeness (QED) is 0.874. The van der Waals surface area contributed by atoms with E-state index in [4.69, 9.17) is 18.9 Å². The number of nitrogens with one attached hydrogen (secondary N) is 1. The molecule has 21 heavy (non-hydrogen) atoms. The normalized spacial score (nSPS) is 24.3. The Morgan fingerprint density at radius 2 is 2.14 bits per heavy atom. The topological polar surface area (TPSA) is 49.0 Å². The summed E-state index contributed by atoms with van der Waals surface area (Å²) >= 11 is 3.54. The summed E-state index contributed by atoms with van der Waals surface area (Å²) in [5.41, 5.74) is 0.960. The molecule has 2 aliphatic heterocycles. The van der Waals surface area contributed by atoms with Gasteiger partial charge >= 0.3 is 0 Å². The average Bonchev–Trinajstić information content (AvgIpc) is 2.97. The van der Waals surface area contributed by atoms with Gasteiger partial charge in [-0.2, -0.15) is 0 Å². The van der Waals surface area contributed by atoms with Crippen LogP contribution in [0.1, 0.15) is 12.0 Å². The van der Waals surface area contributed by atoms with Crippen molar-refractivity contribution in [3.8, 4) is 11.5 Å². The highest BCUT2D eigenvalue weighted by Crippen LogP contribution is 2.38. The van der Waals surface area contributed by atoms with Crippen molar-refractivity contribution < 1.29 is 18.9 Å². The van der Waals surface area contributed by atoms with E-state index in [1.807, 2.05) is 6.07 Å². The van der Waals surface area contributed by atoms with Crippen LogP contribution in [0.15, 0.2) is 16.6 Å². The summed E-state index contributed by atoms with van der Waals surface area (Å²) in [7, 11) is 1.75. The van der Waals surface area contributed by atoms with Crippen molar-refractivity contribution in [1.29, 1.82) is 0 Å². The summed E-state index contributed by atoms with van der Waals surface area (Å²) in [5.74, 6) is 1.60. The second-order valence-corrected chi connectivity index (χ2v) is 6.25. The highest BCUT2D eigenvalue weighted by Gasteiger charge is 2.34. The molecule has 1 unspecified atom stereocenters. The van der Waals surface area contributed by atoms with E-state index in [1.165, 1.54) is 0 Å². The minimum Gasteiger partial charge on any atom is -0.486 e. The van der Waals surface area contributed by atoms with Crippen molar-refractivity contribution >= 4 is 15.9 Å². The monoisotopic (exact) mass is 357 g/mol. The van der Waals surface area contributed by atoms with E-state index >= 15 is 0 Å². The number of benzene rings is 1. The number of rotatable bonds is 5. The Balaban J connectivity index is 1.61. The largest absolute Gasteiger partial charge is 0.486 e. The molecule has 5 nitrogen and oxygen atoms in total. The summed E-state index contributed by atoms with van der Waals surface area (Å²) in [6.45, 7) is 4.14. The van der Waals surface area contributed by atoms with E-state index in [2.05, 4.69) is 27.3 Å². The van der Waals surface area contributed by atoms with Gasteiger partial charge in [0.25, 0.3) is 0 Å². The zero-order valence-corrected chi connectivity index (χ0v) is 13.7. The zero-order valence-electron chi connectivity index (χ0n) is 12.1. The summed E-state index contributed by atoms with van der Waals surface area (Å²) in [6, 6.07) is 4.09. The molecule has 1 aromatic carbocycles. The summed E-state index contributed by atoms with van der Waals surface area (Å²) < 4.78 is 23.2. The van der Waals surface area contributed by atoms with Gasteiger partial charge in [-0.15, -0.1) is 0 Å². The minimum absolute atomic E-state index is 0.189. The zero-order chi connectivity index (χ0) is 14.7. The summed E-state index contributed by atoms with van der Waals surface area (Å²) in [5, 5.41) is 3.45. The molecule has 1 saturated heterocycles. The van der Waals surface area contributed by atoms with Crippen molar-refractivity contribution in [3.63, 3.8) is 0 Å². The van der Waals surface area contributed by atoms with Crippen LogP contribution in [0.2, 0.25) is 0 Å². The molecular weight excluding hydrogens is 338 g/mol. The lowest BCUT2D eigenvalue weighted by molar-refractivity contribution is -0.0159. The maximum Gasteiger partial charge on any atom is 0.175 e. The molecule has 3 rings (SSSR count). The molecule has 2 heterocycles. The van der Waals surface area contributed by atoms with E-state index in [9.17, 15) is 0 Å². The highest BCUT2D eigenvalue weighted by atomic mass is 79.9. The maximum atomic E-state index is 5.64. The van der Waals surface area contributed by atoms with Crippen molar-refractivity contribution in [1.82, 2.24) is 5.32 Å². The molecule has 2 aliphatic rings. The first kappa shape index (κ1) is 15.1. The fourth-order valence-corrected chi connectivity index (χ4v) is 3.27. The van der Waals surface area contributed by atoms with Gasteiger partial charge in [0.1, 0.15) is 18.8 Å². The van der Waals surface area contributed by atoms with E-state index < -0.39 is 0 Å². The van der Waals surface area contributed by atoms with Gasteiger partial charge in [-0.05, 0) is 33.6 Å². The third kappa shape index (κ3) is 3.34. The van der Waals surface area contributed by atoms with Crippen LogP contribution >= 0.6 is 15.9 Å². The Bertz CT molecular complexity index is 503. The number of fused-ring (bicyclic) bond motifs is 1. The van der Waals surface area contributed by atoms with Gasteiger partial charge in [0.05, 0.1) is 11.1 Å². The molecule has 1 aromatic rings. The molecule has 116 valence electrons. The van der Waals surface area contributed by atoms with E-state index in [0.29, 0.717) is 19.8 Å². The molecule has 0 amide bonds. The molecule has 1 atom stereocenters. The van der Waals surface area contributed by atoms with Gasteiger partial charge in [-0.25, -0.2) is 0 Å². The van der Waals surface area contributed by atoms with Crippen LogP contribution in [-0.2, 0) is 16.0 Å². The van der Waals surface area contributed by atoms with Gasteiger partial charge in [-0.3, -0.25) is 0 Å². The van der Waals surface area contributed by atoms with Crippen LogP contribution in [0.3, 0.4) is 0 Å². The number of hydrogen-bond donors (Lipinski definition) is 1. The predicted octanol–water partition coefficient (Wildman–Crippen LogP) is 2.12. The summed E-state index contributed by atoms with van der Waals surface area (Å²) in [4.78, 5) is 0. The Morgan fingerprint density at radius 1 is 1.29 bits per heavy atom. The first-order chi connectivity index (χ1) is 10.2. The van der Waals surface area contributed by atoms with Gasteiger partial charge < -0.3 is 24.3 Å². The first-order valence-electron chi connectivity index (χ1n) is 7.14. The van der Waals surface area contributed by atoms with Crippen LogP contribution in [0.4, 0.5) is 0 Å². The van der Waals surface area contributed by atoms with Crippen molar-refractivity contribution in [2.45, 2.75) is 18.6 Å². The number of methoxy groups -OCH3 is 1. The lowest BCUT2D eigenvalue weighted by Crippen LogP contribution is -2.42. The predicted molar refractivity (Wildman–Crippen MR) is 82.0 cm³/mol. The lowest BCUT2D eigenvalue weighted by Gasteiger charge is -2.26. The first-order valence-corrected chi connectivity index (χ1v) is 7.93. The molecule has 0 aromatic heterocycles. The Morgan fingerprint density at radius 3 is 2.90 bits per heavy atom. The van der Waals surface area contributed by atoms with E-state index in [0.717, 1.165) is 47.7 Å². The van der Waals surface area contributed by atoms with Crippen LogP contribution in [0.5, 0.6) is 11.5 Å². The second kappa shape index (κ2) is 6.52. The van der Waals surface area contributed by atoms with Crippen LogP contribution in [-0.4, -0.2) is 45.7 Å². The second-order valence-electron chi connectivity index (χ2n) is 5.40. The lowest BCUT2D eigenvalue weighted by atomic mass is 10.0. The number of halogens is 1. The molecule has 1 N–H and O–H groups in total. The fraction of sp³-hybridized carbons (Fsp3) is 0.600. The van der Waals surface area contributed by atoms with Crippen molar-refractivity contribution in [3.05, 3.63) is 22.2 Å². The summed E-state index contributed by atoms with van der Waals surface area (Å²) in [6.07, 6.45) is 0.932. The maximum absolute atomic E-state index is 5.64. The number of hydrogen-bond acceptors (Lipinski definition) is 5. The smallest absolute Gasteiger partial charge is 0.175 e. The van der Waals surface area contributed by atoms with Crippen LogP contribution in [0, 0.1) is 0 Å². The van der Waals surface area contributed by atoms with E-state index in [1.54, 1.807) is 7.11 Å². The third-order valence-corrected chi connectivity index (χ3v) is 4.52. The fourth-order valence-electron chi connectivity index (χ4n) is 2.66. The molecule has 6 heteroatoms. The molecular formula is C15H20BrNO4. The molecule has 0 spiro atoms. The van der Waals surface area contributed by atoms with E-state index in [-0.39, 0.29) is 5.60 Å². The highest BCUT2D eigenvalue weighted by molar-refractivity contribution is 9.10. The van der Waals surface area contributed by atoms with Gasteiger partial charge in [-0.1, -0.05) is 0 Å². The van der Waals surface area contributed by atoms with Crippen molar-refractivity contribution in [2.24, 2.45) is 0 Å². The van der Waals surface area contributed by atoms with Crippen LogP contribution in [0.25, 0.3) is 0 Å². The SMILES string of the molecule is COC1(CNCc2cc(Br)c3c(c2)OCCO3)CCOC1. The molecule has 0 saturated carbocycles. The number of ether oxygens (including phenoxy) is 4. The molecule has 0 radical (unpaired) electrons. The molecule has 0 aliphatic carbocycles. The van der Waals surface area contributed by atoms with Crippen LogP contribution < -0.4 is 14.8 Å². The Kier molecular flexibility index (Phi) is 4.69. The van der Waals surface area contributed by atoms with Crippen molar-refractivity contribution in [2.75, 3.05) is 40.1 Å². The molecule has 1 fully saturated rings. The van der Waals surface area contributed by atoms with Gasteiger partial charge in [0.2, 0.25) is 0 Å². The standard InChI is InChI=1S/C15H20BrNO4/c1-18-15(2-3-19-10-15)9-17-8-11-6-12(16)14-13(7-11)20-4-5-21-14/h6-7,17H,2-5,8-10H2,1H3. The Labute approximate surface area is 133 Å². The minimum atomic E-state index is -0.189. The van der Waals surface area contributed by atoms with Gasteiger partial charge in [0, 0.05) is 33.2 Å². The molecule has 0 bridgehead atoms. The third-order valence-electron chi connectivity index (χ3n) is 3.93. The Hall–Kier alpha value is -0.820. The van der Waals surface area contributed by atoms with Gasteiger partial charge in [0.15, 0.2) is 11.5 Å². The average molecular weight is 358 g/mol.